The summed E-state index contributed by atoms with van der Waals surface area (Å²) in [6.45, 7) is 7.82. The largest absolute Gasteiger partial charge is 0.357 e. The number of halogens is 2. The first kappa shape index (κ1) is 25.1. The maximum atomic E-state index is 13.1. The van der Waals surface area contributed by atoms with E-state index in [-0.39, 0.29) is 35.5 Å². The van der Waals surface area contributed by atoms with Crippen molar-refractivity contribution in [3.8, 4) is 0 Å². The number of aliphatic imine (C=N–C) groups is 1. The monoisotopic (exact) mass is 500 g/mol. The van der Waals surface area contributed by atoms with Crippen LogP contribution in [0, 0.1) is 12.7 Å². The van der Waals surface area contributed by atoms with Crippen molar-refractivity contribution in [3.05, 3.63) is 35.1 Å². The zero-order valence-corrected chi connectivity index (χ0v) is 18.8. The molecule has 1 aromatic carbocycles. The van der Waals surface area contributed by atoms with E-state index in [0.717, 1.165) is 24.1 Å². The number of aryl methyl sites for hydroxylation is 1. The summed E-state index contributed by atoms with van der Waals surface area (Å²) >= 11 is 0. The topological polar surface area (TPSA) is 82.6 Å². The van der Waals surface area contributed by atoms with E-state index in [9.17, 15) is 12.8 Å². The van der Waals surface area contributed by atoms with Gasteiger partial charge in [-0.05, 0) is 56.9 Å². The van der Waals surface area contributed by atoms with Crippen LogP contribution in [0.15, 0.2) is 23.2 Å². The summed E-state index contributed by atoms with van der Waals surface area (Å²) in [4.78, 5) is 4.43. The van der Waals surface area contributed by atoms with Gasteiger partial charge in [0.25, 0.3) is 0 Å². The van der Waals surface area contributed by atoms with Crippen LogP contribution in [0.25, 0.3) is 0 Å². The Hall–Kier alpha value is -0.940. The smallest absolute Gasteiger partial charge is 0.211 e. The van der Waals surface area contributed by atoms with Gasteiger partial charge in [-0.25, -0.2) is 17.5 Å². The first-order chi connectivity index (χ1) is 11.9. The van der Waals surface area contributed by atoms with Crippen LogP contribution in [0.1, 0.15) is 31.4 Å². The summed E-state index contributed by atoms with van der Waals surface area (Å²) in [5.41, 5.74) is 2.03. The predicted octanol–water partition coefficient (Wildman–Crippen LogP) is 2.18. The molecule has 0 bridgehead atoms. The normalized spacial score (nSPS) is 11.8. The van der Waals surface area contributed by atoms with E-state index in [2.05, 4.69) is 20.3 Å². The molecule has 0 saturated heterocycles. The molecule has 150 valence electrons. The van der Waals surface area contributed by atoms with Crippen LogP contribution in [-0.4, -0.2) is 46.3 Å². The lowest BCUT2D eigenvalue weighted by Gasteiger charge is -2.12. The van der Waals surface area contributed by atoms with Gasteiger partial charge in [0, 0.05) is 26.2 Å². The quantitative estimate of drug-likeness (QED) is 0.199. The Morgan fingerprint density at radius 2 is 1.92 bits per heavy atom. The van der Waals surface area contributed by atoms with E-state index < -0.39 is 10.0 Å². The fraction of sp³-hybridized carbons (Fsp3) is 0.588. The summed E-state index contributed by atoms with van der Waals surface area (Å²) in [5, 5.41) is 6.39. The van der Waals surface area contributed by atoms with Crippen LogP contribution < -0.4 is 15.4 Å². The van der Waals surface area contributed by atoms with Crippen LogP contribution in [0.2, 0.25) is 0 Å². The molecule has 0 aliphatic rings. The van der Waals surface area contributed by atoms with Crippen molar-refractivity contribution in [2.75, 3.05) is 31.9 Å². The van der Waals surface area contributed by atoms with E-state index >= 15 is 0 Å². The van der Waals surface area contributed by atoms with Gasteiger partial charge in [0.2, 0.25) is 10.0 Å². The van der Waals surface area contributed by atoms with Crippen molar-refractivity contribution < 1.29 is 12.8 Å². The lowest BCUT2D eigenvalue weighted by Crippen LogP contribution is -2.38. The zero-order chi connectivity index (χ0) is 18.7. The maximum Gasteiger partial charge on any atom is 0.211 e. The first-order valence-electron chi connectivity index (χ1n) is 8.62. The SMILES string of the molecule is CCNC(=NCCCNS(=O)(=O)CC)NCCc1ccc(F)cc1C.I. The van der Waals surface area contributed by atoms with Crippen molar-refractivity contribution in [2.45, 2.75) is 33.6 Å². The third-order valence-electron chi connectivity index (χ3n) is 3.64. The molecule has 0 aromatic heterocycles. The van der Waals surface area contributed by atoms with Crippen LogP contribution in [0.4, 0.5) is 4.39 Å². The molecule has 3 N–H and O–H groups in total. The summed E-state index contributed by atoms with van der Waals surface area (Å²) < 4.78 is 38.3. The highest BCUT2D eigenvalue weighted by molar-refractivity contribution is 14.0. The number of guanidine groups is 1. The second-order valence-electron chi connectivity index (χ2n) is 5.66. The fourth-order valence-corrected chi connectivity index (χ4v) is 2.86. The Kier molecular flexibility index (Phi) is 12.8. The summed E-state index contributed by atoms with van der Waals surface area (Å²) in [7, 11) is -3.14. The van der Waals surface area contributed by atoms with Crippen molar-refractivity contribution in [3.63, 3.8) is 0 Å². The van der Waals surface area contributed by atoms with Crippen LogP contribution >= 0.6 is 24.0 Å². The molecular weight excluding hydrogens is 470 g/mol. The third kappa shape index (κ3) is 10.3. The van der Waals surface area contributed by atoms with E-state index in [4.69, 9.17) is 0 Å². The fourth-order valence-electron chi connectivity index (χ4n) is 2.20. The summed E-state index contributed by atoms with van der Waals surface area (Å²) in [6, 6.07) is 4.81. The molecule has 9 heteroatoms. The molecule has 6 nitrogen and oxygen atoms in total. The minimum Gasteiger partial charge on any atom is -0.357 e. The number of benzene rings is 1. The van der Waals surface area contributed by atoms with Crippen molar-refractivity contribution >= 4 is 40.0 Å². The average Bonchev–Trinajstić information content (AvgIpc) is 2.56. The van der Waals surface area contributed by atoms with Gasteiger partial charge in [-0.3, -0.25) is 4.99 Å². The summed E-state index contributed by atoms with van der Waals surface area (Å²) in [6.07, 6.45) is 1.40. The second-order valence-corrected chi connectivity index (χ2v) is 7.76. The Bertz CT molecular complexity index is 669. The molecule has 0 unspecified atom stereocenters. The number of nitrogens with one attached hydrogen (secondary N) is 3. The molecule has 0 atom stereocenters. The molecule has 0 saturated carbocycles. The molecule has 0 heterocycles. The molecule has 1 rings (SSSR count). The van der Waals surface area contributed by atoms with Gasteiger partial charge in [-0.15, -0.1) is 24.0 Å². The Morgan fingerprint density at radius 1 is 1.19 bits per heavy atom. The van der Waals surface area contributed by atoms with Crippen molar-refractivity contribution in [1.82, 2.24) is 15.4 Å². The molecule has 0 aliphatic carbocycles. The lowest BCUT2D eigenvalue weighted by molar-refractivity contribution is 0.581. The highest BCUT2D eigenvalue weighted by atomic mass is 127. The first-order valence-corrected chi connectivity index (χ1v) is 10.3. The molecule has 26 heavy (non-hydrogen) atoms. The van der Waals surface area contributed by atoms with Crippen molar-refractivity contribution in [2.24, 2.45) is 4.99 Å². The van der Waals surface area contributed by atoms with E-state index in [0.29, 0.717) is 32.0 Å². The maximum absolute atomic E-state index is 13.1. The highest BCUT2D eigenvalue weighted by Gasteiger charge is 2.04. The number of hydrogen-bond acceptors (Lipinski definition) is 3. The highest BCUT2D eigenvalue weighted by Crippen LogP contribution is 2.10. The van der Waals surface area contributed by atoms with Gasteiger partial charge in [0.15, 0.2) is 5.96 Å². The summed E-state index contributed by atoms with van der Waals surface area (Å²) in [5.74, 6) is 0.562. The minimum atomic E-state index is -3.14. The van der Waals surface area contributed by atoms with Gasteiger partial charge < -0.3 is 10.6 Å². The Morgan fingerprint density at radius 3 is 2.54 bits per heavy atom. The van der Waals surface area contributed by atoms with Gasteiger partial charge in [-0.1, -0.05) is 6.07 Å². The van der Waals surface area contributed by atoms with Gasteiger partial charge in [-0.2, -0.15) is 0 Å². The Labute approximate surface area is 173 Å². The number of hydrogen-bond donors (Lipinski definition) is 3. The zero-order valence-electron chi connectivity index (χ0n) is 15.6. The van der Waals surface area contributed by atoms with Crippen molar-refractivity contribution in [1.29, 1.82) is 0 Å². The number of sulfonamides is 1. The van der Waals surface area contributed by atoms with Gasteiger partial charge in [0.1, 0.15) is 5.82 Å². The average molecular weight is 500 g/mol. The lowest BCUT2D eigenvalue weighted by atomic mass is 10.1. The molecule has 0 aliphatic heterocycles. The Balaban J connectivity index is 0.00000625. The van der Waals surface area contributed by atoms with Crippen LogP contribution in [0.3, 0.4) is 0 Å². The van der Waals surface area contributed by atoms with Gasteiger partial charge >= 0.3 is 0 Å². The number of nitrogens with zero attached hydrogens (tertiary/aromatic N) is 1. The molecule has 0 spiro atoms. The van der Waals surface area contributed by atoms with Gasteiger partial charge in [0.05, 0.1) is 5.75 Å². The van der Waals surface area contributed by atoms with Crippen LogP contribution in [0.5, 0.6) is 0 Å². The molecular formula is C17H30FIN4O2S. The molecule has 1 aromatic rings. The van der Waals surface area contributed by atoms with E-state index in [1.165, 1.54) is 12.1 Å². The molecule has 0 radical (unpaired) electrons. The number of rotatable bonds is 10. The second kappa shape index (κ2) is 13.3. The predicted molar refractivity (Wildman–Crippen MR) is 116 cm³/mol. The van der Waals surface area contributed by atoms with E-state index in [1.54, 1.807) is 13.0 Å². The molecule has 0 fully saturated rings. The molecule has 0 amide bonds. The van der Waals surface area contributed by atoms with E-state index in [1.807, 2.05) is 13.8 Å². The minimum absolute atomic E-state index is 0. The van der Waals surface area contributed by atoms with Crippen LogP contribution in [-0.2, 0) is 16.4 Å². The third-order valence-corrected chi connectivity index (χ3v) is 5.05. The standard InChI is InChI=1S/C17H29FN4O2S.HI/c1-4-19-17(20-10-6-11-22-25(23,24)5-2)21-12-9-15-7-8-16(18)13-14(15)3;/h7-8,13,22H,4-6,9-12H2,1-3H3,(H2,19,20,21);1H.